The van der Waals surface area contributed by atoms with Gasteiger partial charge in [0.25, 0.3) is 0 Å². The fraction of sp³-hybridized carbons (Fsp3) is 1.00. The number of aliphatic hydroxyl groups excluding tert-OH is 5. The SMILES string of the molecule is OC[C@H]1C[C@@H](O)CCN1C[C@H](O)[C@@H](O)CO. The number of rotatable bonds is 5. The van der Waals surface area contributed by atoms with E-state index in [2.05, 4.69) is 0 Å². The third-order valence-electron chi connectivity index (χ3n) is 3.07. The zero-order valence-corrected chi connectivity index (χ0v) is 9.24. The maximum Gasteiger partial charge on any atom is 0.104 e. The molecule has 0 radical (unpaired) electrons. The van der Waals surface area contributed by atoms with E-state index in [0.717, 1.165) is 0 Å². The second-order valence-electron chi connectivity index (χ2n) is 4.33. The Morgan fingerprint density at radius 3 is 2.44 bits per heavy atom. The molecule has 0 unspecified atom stereocenters. The third kappa shape index (κ3) is 3.65. The van der Waals surface area contributed by atoms with Crippen molar-refractivity contribution >= 4 is 0 Å². The minimum absolute atomic E-state index is 0.0843. The zero-order valence-electron chi connectivity index (χ0n) is 9.24. The predicted molar refractivity (Wildman–Crippen MR) is 56.8 cm³/mol. The molecule has 0 aromatic heterocycles. The quantitative estimate of drug-likeness (QED) is 0.361. The molecule has 1 fully saturated rings. The molecule has 1 aliphatic heterocycles. The second-order valence-corrected chi connectivity index (χ2v) is 4.33. The van der Waals surface area contributed by atoms with Crippen LogP contribution in [0.3, 0.4) is 0 Å². The molecule has 5 N–H and O–H groups in total. The van der Waals surface area contributed by atoms with Crippen molar-refractivity contribution in [3.05, 3.63) is 0 Å². The van der Waals surface area contributed by atoms with Crippen molar-refractivity contribution in [1.82, 2.24) is 4.90 Å². The van der Waals surface area contributed by atoms with Crippen molar-refractivity contribution < 1.29 is 25.5 Å². The van der Waals surface area contributed by atoms with Crippen LogP contribution >= 0.6 is 0 Å². The van der Waals surface area contributed by atoms with E-state index in [9.17, 15) is 15.3 Å². The molecule has 16 heavy (non-hydrogen) atoms. The molecule has 1 heterocycles. The van der Waals surface area contributed by atoms with Gasteiger partial charge in [-0.2, -0.15) is 0 Å². The average Bonchev–Trinajstić information content (AvgIpc) is 2.30. The number of likely N-dealkylation sites (tertiary alicyclic amines) is 1. The summed E-state index contributed by atoms with van der Waals surface area (Å²) in [7, 11) is 0. The lowest BCUT2D eigenvalue weighted by Crippen LogP contribution is -2.51. The molecule has 0 spiro atoms. The van der Waals surface area contributed by atoms with Gasteiger partial charge >= 0.3 is 0 Å². The van der Waals surface area contributed by atoms with Crippen molar-refractivity contribution in [2.75, 3.05) is 26.3 Å². The van der Waals surface area contributed by atoms with Crippen LogP contribution in [0, 0.1) is 0 Å². The van der Waals surface area contributed by atoms with Gasteiger partial charge in [0, 0.05) is 19.1 Å². The van der Waals surface area contributed by atoms with Crippen LogP contribution in [0.5, 0.6) is 0 Å². The van der Waals surface area contributed by atoms with Gasteiger partial charge in [-0.15, -0.1) is 0 Å². The topological polar surface area (TPSA) is 104 Å². The molecule has 0 bridgehead atoms. The first-order chi connectivity index (χ1) is 7.58. The Bertz CT molecular complexity index is 204. The lowest BCUT2D eigenvalue weighted by molar-refractivity contribution is -0.0549. The van der Waals surface area contributed by atoms with Gasteiger partial charge in [-0.1, -0.05) is 0 Å². The largest absolute Gasteiger partial charge is 0.395 e. The second kappa shape index (κ2) is 6.48. The first kappa shape index (κ1) is 13.8. The maximum absolute atomic E-state index is 9.55. The molecule has 0 aliphatic carbocycles. The van der Waals surface area contributed by atoms with E-state index >= 15 is 0 Å². The summed E-state index contributed by atoms with van der Waals surface area (Å²) in [6.07, 6.45) is -1.54. The van der Waals surface area contributed by atoms with Crippen LogP contribution in [-0.4, -0.2) is 81.1 Å². The minimum atomic E-state index is -1.16. The van der Waals surface area contributed by atoms with E-state index in [-0.39, 0.29) is 19.2 Å². The summed E-state index contributed by atoms with van der Waals surface area (Å²) in [5.74, 6) is 0. The van der Waals surface area contributed by atoms with Crippen molar-refractivity contribution in [2.24, 2.45) is 0 Å². The van der Waals surface area contributed by atoms with Crippen molar-refractivity contribution in [3.8, 4) is 0 Å². The number of β-amino-alcohol motifs (C(OH)–C–C–N with tert-alkyl or cyclic N) is 1. The van der Waals surface area contributed by atoms with E-state index in [1.807, 2.05) is 4.90 Å². The lowest BCUT2D eigenvalue weighted by atomic mass is 9.99. The first-order valence-electron chi connectivity index (χ1n) is 5.58. The van der Waals surface area contributed by atoms with E-state index in [0.29, 0.717) is 19.4 Å². The highest BCUT2D eigenvalue weighted by atomic mass is 16.4. The summed E-state index contributed by atoms with van der Waals surface area (Å²) < 4.78 is 0. The Balaban J connectivity index is 2.45. The molecule has 0 aromatic rings. The summed E-state index contributed by atoms with van der Waals surface area (Å²) in [5.41, 5.74) is 0. The van der Waals surface area contributed by atoms with Crippen LogP contribution < -0.4 is 0 Å². The van der Waals surface area contributed by atoms with Gasteiger partial charge in [-0.25, -0.2) is 0 Å². The van der Waals surface area contributed by atoms with Gasteiger partial charge in [-0.3, -0.25) is 4.90 Å². The van der Waals surface area contributed by atoms with Gasteiger partial charge in [-0.05, 0) is 12.8 Å². The Labute approximate surface area is 94.7 Å². The minimum Gasteiger partial charge on any atom is -0.395 e. The predicted octanol–water partition coefficient (Wildman–Crippen LogP) is -2.48. The van der Waals surface area contributed by atoms with Gasteiger partial charge in [0.15, 0.2) is 0 Å². The highest BCUT2D eigenvalue weighted by Crippen LogP contribution is 2.17. The molecule has 6 heteroatoms. The molecular weight excluding hydrogens is 214 g/mol. The van der Waals surface area contributed by atoms with E-state index < -0.39 is 24.9 Å². The summed E-state index contributed by atoms with van der Waals surface area (Å²) in [6.45, 7) is 0.196. The monoisotopic (exact) mass is 235 g/mol. The van der Waals surface area contributed by atoms with Crippen LogP contribution in [0.2, 0.25) is 0 Å². The smallest absolute Gasteiger partial charge is 0.104 e. The van der Waals surface area contributed by atoms with Crippen LogP contribution in [0.1, 0.15) is 12.8 Å². The van der Waals surface area contributed by atoms with Crippen LogP contribution in [-0.2, 0) is 0 Å². The summed E-state index contributed by atoms with van der Waals surface area (Å²) in [4.78, 5) is 1.83. The fourth-order valence-electron chi connectivity index (χ4n) is 1.99. The molecule has 4 atom stereocenters. The molecule has 1 rings (SSSR count). The molecule has 0 saturated carbocycles. The number of hydrogen-bond donors (Lipinski definition) is 5. The number of hydrogen-bond acceptors (Lipinski definition) is 6. The van der Waals surface area contributed by atoms with Gasteiger partial charge in [0.05, 0.1) is 25.4 Å². The molecule has 0 aromatic carbocycles. The van der Waals surface area contributed by atoms with E-state index in [4.69, 9.17) is 10.2 Å². The fourth-order valence-corrected chi connectivity index (χ4v) is 1.99. The van der Waals surface area contributed by atoms with Crippen LogP contribution in [0.4, 0.5) is 0 Å². The zero-order chi connectivity index (χ0) is 12.1. The Morgan fingerprint density at radius 1 is 1.19 bits per heavy atom. The maximum atomic E-state index is 9.55. The normalized spacial score (nSPS) is 31.3. The van der Waals surface area contributed by atoms with Crippen molar-refractivity contribution in [3.63, 3.8) is 0 Å². The summed E-state index contributed by atoms with van der Waals surface area (Å²) in [5, 5.41) is 46.0. The Kier molecular flexibility index (Phi) is 5.60. The van der Waals surface area contributed by atoms with Crippen molar-refractivity contribution in [1.29, 1.82) is 0 Å². The standard InChI is InChI=1S/C10H21NO5/c12-5-7-3-8(14)1-2-11(7)4-9(15)10(16)6-13/h7-10,12-16H,1-6H2/t7-,8+,9+,10+/m1/s1. The molecular formula is C10H21NO5. The van der Waals surface area contributed by atoms with Crippen molar-refractivity contribution in [2.45, 2.75) is 37.2 Å². The lowest BCUT2D eigenvalue weighted by Gasteiger charge is -2.38. The number of aliphatic hydroxyl groups is 5. The van der Waals surface area contributed by atoms with Crippen LogP contribution in [0.25, 0.3) is 0 Å². The highest BCUT2D eigenvalue weighted by molar-refractivity contribution is 4.83. The molecule has 0 amide bonds. The Morgan fingerprint density at radius 2 is 1.88 bits per heavy atom. The number of piperidine rings is 1. The van der Waals surface area contributed by atoms with E-state index in [1.54, 1.807) is 0 Å². The van der Waals surface area contributed by atoms with Gasteiger partial charge in [0.2, 0.25) is 0 Å². The summed E-state index contributed by atoms with van der Waals surface area (Å²) >= 11 is 0. The third-order valence-corrected chi connectivity index (χ3v) is 3.07. The molecule has 96 valence electrons. The molecule has 6 nitrogen and oxygen atoms in total. The molecule has 1 saturated heterocycles. The van der Waals surface area contributed by atoms with E-state index in [1.165, 1.54) is 0 Å². The Hall–Kier alpha value is -0.240. The summed E-state index contributed by atoms with van der Waals surface area (Å²) in [6, 6.07) is -0.190. The van der Waals surface area contributed by atoms with Crippen LogP contribution in [0.15, 0.2) is 0 Å². The number of nitrogens with zero attached hydrogens (tertiary/aromatic N) is 1. The highest BCUT2D eigenvalue weighted by Gasteiger charge is 2.29. The average molecular weight is 235 g/mol. The van der Waals surface area contributed by atoms with Gasteiger partial charge < -0.3 is 25.5 Å². The molecule has 1 aliphatic rings. The first-order valence-corrected chi connectivity index (χ1v) is 5.58. The van der Waals surface area contributed by atoms with Gasteiger partial charge in [0.1, 0.15) is 6.10 Å².